The van der Waals surface area contributed by atoms with Crippen LogP contribution in [0.2, 0.25) is 6.32 Å². The Kier molecular flexibility index (Phi) is 13.1. The lowest BCUT2D eigenvalue weighted by molar-refractivity contribution is -0.0853. The Bertz CT molecular complexity index is 1040. The topological polar surface area (TPSA) is 46.2 Å². The summed E-state index contributed by atoms with van der Waals surface area (Å²) in [5.41, 5.74) is 2.35. The second kappa shape index (κ2) is 17.2. The van der Waals surface area contributed by atoms with E-state index in [0.717, 1.165) is 24.1 Å². The van der Waals surface area contributed by atoms with Crippen LogP contribution in [0.5, 0.6) is 5.75 Å². The molecule has 5 nitrogen and oxygen atoms in total. The van der Waals surface area contributed by atoms with Gasteiger partial charge in [0.25, 0.3) is 0 Å². The third kappa shape index (κ3) is 9.12. The third-order valence-electron chi connectivity index (χ3n) is 10.8. The van der Waals surface area contributed by atoms with Gasteiger partial charge in [0.05, 0.1) is 44.7 Å². The molecular weight excluding hydrogens is 547 g/mol. The molecule has 3 fully saturated rings. The molecule has 5 rings (SSSR count). The van der Waals surface area contributed by atoms with Crippen LogP contribution in [0, 0.1) is 23.7 Å². The van der Waals surface area contributed by atoms with Crippen LogP contribution in [0.4, 0.5) is 0 Å². The number of methoxy groups -OCH3 is 1. The van der Waals surface area contributed by atoms with Crippen LogP contribution in [0.3, 0.4) is 0 Å². The fraction of sp³-hybridized carbons (Fsp3) is 0.684. The van der Waals surface area contributed by atoms with Crippen molar-refractivity contribution in [1.82, 2.24) is 0 Å². The minimum atomic E-state index is -0.233. The average molecular weight is 605 g/mol. The summed E-state index contributed by atoms with van der Waals surface area (Å²) < 4.78 is 32.9. The summed E-state index contributed by atoms with van der Waals surface area (Å²) in [6.45, 7) is 8.03. The van der Waals surface area contributed by atoms with Gasteiger partial charge in [-0.3, -0.25) is 0 Å². The van der Waals surface area contributed by atoms with Crippen molar-refractivity contribution in [3.63, 3.8) is 0 Å². The summed E-state index contributed by atoms with van der Waals surface area (Å²) in [6, 6.07) is 18.7. The molecule has 44 heavy (non-hydrogen) atoms. The van der Waals surface area contributed by atoms with Crippen molar-refractivity contribution in [3.05, 3.63) is 65.7 Å². The smallest absolute Gasteiger partial charge is 0.460 e. The summed E-state index contributed by atoms with van der Waals surface area (Å²) >= 11 is 0. The van der Waals surface area contributed by atoms with Gasteiger partial charge in [0.1, 0.15) is 5.75 Å². The zero-order chi connectivity index (χ0) is 30.7. The monoisotopic (exact) mass is 604 g/mol. The molecule has 2 aromatic carbocycles. The summed E-state index contributed by atoms with van der Waals surface area (Å²) in [4.78, 5) is 0. The molecule has 6 heteroatoms. The molecule has 2 aliphatic carbocycles. The normalized spacial score (nSPS) is 24.6. The Balaban J connectivity index is 1.33. The van der Waals surface area contributed by atoms with Crippen molar-refractivity contribution < 1.29 is 23.5 Å². The molecule has 0 aromatic heterocycles. The second-order valence-corrected chi connectivity index (χ2v) is 13.9. The van der Waals surface area contributed by atoms with E-state index in [9.17, 15) is 0 Å². The van der Waals surface area contributed by atoms with Crippen molar-refractivity contribution in [2.75, 3.05) is 7.11 Å². The molecule has 6 atom stereocenters. The predicted molar refractivity (Wildman–Crippen MR) is 179 cm³/mol. The summed E-state index contributed by atoms with van der Waals surface area (Å²) in [6.07, 6.45) is 15.4. The molecule has 2 aromatic rings. The van der Waals surface area contributed by atoms with Gasteiger partial charge in [0.15, 0.2) is 0 Å². The van der Waals surface area contributed by atoms with Crippen molar-refractivity contribution >= 4 is 7.12 Å². The highest BCUT2D eigenvalue weighted by Crippen LogP contribution is 2.42. The molecular formula is C38H57BO5. The maximum atomic E-state index is 6.97. The van der Waals surface area contributed by atoms with E-state index in [2.05, 4.69) is 63.2 Å². The lowest BCUT2D eigenvalue weighted by Gasteiger charge is -2.35. The molecule has 0 spiro atoms. The van der Waals surface area contributed by atoms with E-state index in [1.165, 1.54) is 69.8 Å². The fourth-order valence-corrected chi connectivity index (χ4v) is 7.93. The first-order chi connectivity index (χ1) is 21.6. The van der Waals surface area contributed by atoms with Gasteiger partial charge in [-0.2, -0.15) is 0 Å². The number of rotatable bonds is 15. The Hall–Kier alpha value is -1.86. The van der Waals surface area contributed by atoms with Crippen molar-refractivity contribution in [2.24, 2.45) is 23.7 Å². The first-order valence-corrected chi connectivity index (χ1v) is 17.8. The van der Waals surface area contributed by atoms with E-state index >= 15 is 0 Å². The highest BCUT2D eigenvalue weighted by Gasteiger charge is 2.48. The zero-order valence-corrected chi connectivity index (χ0v) is 27.8. The SMILES string of the molecule is CC[C@H](C)[C@@H](OCc1ccccc1)[C@@H](C)[C@H](CB1O[C@@H](C2CCCCC2)[C@H](C2CCCCC2)O1)OCc1ccc(OC)cc1. The highest BCUT2D eigenvalue weighted by atomic mass is 16.7. The lowest BCUT2D eigenvalue weighted by Crippen LogP contribution is -2.40. The van der Waals surface area contributed by atoms with E-state index in [1.807, 2.05) is 12.1 Å². The van der Waals surface area contributed by atoms with Gasteiger partial charge in [-0.15, -0.1) is 0 Å². The first-order valence-electron chi connectivity index (χ1n) is 17.8. The largest absolute Gasteiger partial charge is 0.497 e. The molecule has 2 saturated carbocycles. The van der Waals surface area contributed by atoms with Crippen LogP contribution in [0.15, 0.2) is 54.6 Å². The van der Waals surface area contributed by atoms with E-state index in [4.69, 9.17) is 23.5 Å². The van der Waals surface area contributed by atoms with Gasteiger partial charge in [-0.25, -0.2) is 0 Å². The summed E-state index contributed by atoms with van der Waals surface area (Å²) in [5.74, 6) is 2.68. The zero-order valence-electron chi connectivity index (χ0n) is 27.8. The molecule has 1 aliphatic heterocycles. The average Bonchev–Trinajstić information content (AvgIpc) is 3.52. The quantitative estimate of drug-likeness (QED) is 0.190. The van der Waals surface area contributed by atoms with Gasteiger partial charge < -0.3 is 23.5 Å². The Morgan fingerprint density at radius 3 is 1.82 bits per heavy atom. The Morgan fingerprint density at radius 1 is 0.727 bits per heavy atom. The maximum Gasteiger partial charge on any atom is 0.460 e. The third-order valence-corrected chi connectivity index (χ3v) is 10.8. The molecule has 3 aliphatic rings. The van der Waals surface area contributed by atoms with Gasteiger partial charge in [0, 0.05) is 12.2 Å². The molecule has 1 heterocycles. The fourth-order valence-electron chi connectivity index (χ4n) is 7.93. The standard InChI is InChI=1S/C38H57BO5/c1-5-28(2)36(42-27-30-15-9-6-10-16-30)29(3)35(41-26-31-21-23-34(40-4)24-22-31)25-39-43-37(32-17-11-7-12-18-32)38(44-39)33-19-13-8-14-20-33/h6,9-10,15-16,21-24,28-29,32-33,35-38H,5,7-8,11-14,17-20,25-27H2,1-4H3/t28-,29-,35-,36+,37-,38-/m0/s1. The number of benzene rings is 2. The van der Waals surface area contributed by atoms with Crippen LogP contribution >= 0.6 is 0 Å². The molecule has 0 N–H and O–H groups in total. The van der Waals surface area contributed by atoms with Crippen LogP contribution in [-0.2, 0) is 32.0 Å². The number of hydrogen-bond donors (Lipinski definition) is 0. The van der Waals surface area contributed by atoms with Crippen LogP contribution < -0.4 is 4.74 Å². The van der Waals surface area contributed by atoms with Crippen molar-refractivity contribution in [2.45, 2.75) is 135 Å². The molecule has 0 amide bonds. The van der Waals surface area contributed by atoms with E-state index in [-0.39, 0.29) is 37.5 Å². The van der Waals surface area contributed by atoms with E-state index in [0.29, 0.717) is 31.0 Å². The highest BCUT2D eigenvalue weighted by molar-refractivity contribution is 6.45. The lowest BCUT2D eigenvalue weighted by atomic mass is 9.75. The molecule has 0 bridgehead atoms. The number of ether oxygens (including phenoxy) is 3. The number of hydrogen-bond acceptors (Lipinski definition) is 5. The van der Waals surface area contributed by atoms with Crippen molar-refractivity contribution in [1.29, 1.82) is 0 Å². The summed E-state index contributed by atoms with van der Waals surface area (Å²) in [7, 11) is 1.47. The molecule has 0 radical (unpaired) electrons. The molecule has 1 saturated heterocycles. The van der Waals surface area contributed by atoms with Crippen LogP contribution in [0.25, 0.3) is 0 Å². The maximum absolute atomic E-state index is 6.97. The van der Waals surface area contributed by atoms with E-state index < -0.39 is 0 Å². The van der Waals surface area contributed by atoms with Crippen molar-refractivity contribution in [3.8, 4) is 5.75 Å². The van der Waals surface area contributed by atoms with Crippen LogP contribution in [-0.4, -0.2) is 38.6 Å². The second-order valence-electron chi connectivity index (χ2n) is 13.9. The molecule has 0 unspecified atom stereocenters. The van der Waals surface area contributed by atoms with Gasteiger partial charge in [-0.05, 0) is 66.7 Å². The minimum absolute atomic E-state index is 0.0609. The van der Waals surface area contributed by atoms with Crippen LogP contribution in [0.1, 0.15) is 103 Å². The minimum Gasteiger partial charge on any atom is -0.497 e. The van der Waals surface area contributed by atoms with Gasteiger partial charge in [0.2, 0.25) is 0 Å². The predicted octanol–water partition coefficient (Wildman–Crippen LogP) is 9.28. The summed E-state index contributed by atoms with van der Waals surface area (Å²) in [5, 5.41) is 0. The molecule has 242 valence electrons. The van der Waals surface area contributed by atoms with E-state index in [1.54, 1.807) is 7.11 Å². The van der Waals surface area contributed by atoms with Gasteiger partial charge >= 0.3 is 7.12 Å². The van der Waals surface area contributed by atoms with Gasteiger partial charge in [-0.1, -0.05) is 108 Å². The first kappa shape index (κ1) is 33.5. The Morgan fingerprint density at radius 2 is 1.27 bits per heavy atom. The Labute approximate surface area is 267 Å².